The Hall–Kier alpha value is -0.0301. The van der Waals surface area contributed by atoms with E-state index in [9.17, 15) is 0 Å². The fraction of sp³-hybridized carbons (Fsp3) is 1.00. The van der Waals surface area contributed by atoms with Crippen LogP contribution < -0.4 is 0 Å². The van der Waals surface area contributed by atoms with E-state index in [1.165, 1.54) is 12.8 Å². The zero-order valence-electron chi connectivity index (χ0n) is 20.1. The maximum absolute atomic E-state index is 6.28. The maximum atomic E-state index is 6.28. The van der Waals surface area contributed by atoms with Crippen molar-refractivity contribution < 1.29 is 18.6 Å². The first-order chi connectivity index (χ1) is 12.6. The molecule has 5 rings (SSSR count). The van der Waals surface area contributed by atoms with Gasteiger partial charge in [0.15, 0.2) is 0 Å². The minimum atomic E-state index is -0.179. The summed E-state index contributed by atoms with van der Waals surface area (Å²) in [5.41, 5.74) is 0.0809. The van der Waals surface area contributed by atoms with Crippen molar-refractivity contribution in [2.75, 3.05) is 0 Å². The van der Waals surface area contributed by atoms with Gasteiger partial charge in [-0.1, -0.05) is 41.5 Å². The van der Waals surface area contributed by atoms with Gasteiger partial charge in [0.05, 0.1) is 22.9 Å². The molecular weight excluding hydrogens is 350 g/mol. The molecule has 6 heteroatoms. The van der Waals surface area contributed by atoms with Crippen LogP contribution in [-0.2, 0) is 18.6 Å². The van der Waals surface area contributed by atoms with Crippen LogP contribution in [0.15, 0.2) is 0 Å². The van der Waals surface area contributed by atoms with E-state index in [0.29, 0.717) is 29.1 Å². The highest BCUT2D eigenvalue weighted by Gasteiger charge is 2.68. The van der Waals surface area contributed by atoms with Gasteiger partial charge in [-0.25, -0.2) is 0 Å². The lowest BCUT2D eigenvalue weighted by atomic mass is 9.43. The highest BCUT2D eigenvalue weighted by atomic mass is 16.7. The lowest BCUT2D eigenvalue weighted by molar-refractivity contribution is -0.199. The topological polar surface area (TPSA) is 36.9 Å². The van der Waals surface area contributed by atoms with E-state index in [1.54, 1.807) is 0 Å². The van der Waals surface area contributed by atoms with Crippen molar-refractivity contribution in [1.82, 2.24) is 0 Å². The Balaban J connectivity index is 0.000000169. The Labute approximate surface area is 174 Å². The van der Waals surface area contributed by atoms with Crippen LogP contribution in [0.3, 0.4) is 0 Å². The summed E-state index contributed by atoms with van der Waals surface area (Å²) in [5, 5.41) is 0. The molecule has 2 aliphatic heterocycles. The molecule has 0 aromatic carbocycles. The van der Waals surface area contributed by atoms with Gasteiger partial charge in [0.2, 0.25) is 0 Å². The average molecular weight is 392 g/mol. The minimum Gasteiger partial charge on any atom is -0.405 e. The van der Waals surface area contributed by atoms with Crippen LogP contribution in [-0.4, -0.2) is 37.1 Å². The van der Waals surface area contributed by atoms with Gasteiger partial charge in [-0.05, 0) is 76.3 Å². The van der Waals surface area contributed by atoms with Gasteiger partial charge in [0.1, 0.15) is 0 Å². The second-order valence-electron chi connectivity index (χ2n) is 11.9. The molecule has 28 heavy (non-hydrogen) atoms. The van der Waals surface area contributed by atoms with Gasteiger partial charge in [0.25, 0.3) is 0 Å². The summed E-state index contributed by atoms with van der Waals surface area (Å²) in [6.45, 7) is 24.0. The fourth-order valence-corrected chi connectivity index (χ4v) is 5.35. The Morgan fingerprint density at radius 3 is 1.61 bits per heavy atom. The molecule has 0 aromatic heterocycles. The lowest BCUT2D eigenvalue weighted by Gasteiger charge is -2.64. The summed E-state index contributed by atoms with van der Waals surface area (Å²) in [6, 6.07) is 0. The van der Waals surface area contributed by atoms with Crippen molar-refractivity contribution >= 4 is 14.2 Å². The van der Waals surface area contributed by atoms with Crippen molar-refractivity contribution in [3.05, 3.63) is 0 Å². The van der Waals surface area contributed by atoms with Crippen molar-refractivity contribution in [1.29, 1.82) is 0 Å². The van der Waals surface area contributed by atoms with Crippen LogP contribution in [0.25, 0.3) is 0 Å². The molecule has 5 fully saturated rings. The number of hydrogen-bond donors (Lipinski definition) is 0. The first-order valence-corrected chi connectivity index (χ1v) is 11.3. The second-order valence-corrected chi connectivity index (χ2v) is 11.9. The van der Waals surface area contributed by atoms with Gasteiger partial charge in [0, 0.05) is 0 Å². The third-order valence-corrected chi connectivity index (χ3v) is 8.33. The Morgan fingerprint density at radius 2 is 1.21 bits per heavy atom. The molecule has 4 atom stereocenters. The van der Waals surface area contributed by atoms with E-state index >= 15 is 0 Å². The lowest BCUT2D eigenvalue weighted by Crippen LogP contribution is -2.65. The van der Waals surface area contributed by atoms with E-state index in [1.807, 2.05) is 0 Å². The molecule has 2 saturated heterocycles. The summed E-state index contributed by atoms with van der Waals surface area (Å²) < 4.78 is 24.0. The second kappa shape index (κ2) is 7.00. The standard InChI is InChI=1S/C13H23BO2.C9H19BO2/c1-8(2)14-15-11-7-9-6-10(12(9,3)4)13(11,5)16-14;1-7(2)10-11-8(3,4)9(5,6)12-10/h8-11H,6-7H2,1-5H3;7H,1-6H3/t9-,10-,11+,13-;/m0./s1. The summed E-state index contributed by atoms with van der Waals surface area (Å²) >= 11 is 0. The Morgan fingerprint density at radius 1 is 0.714 bits per heavy atom. The molecule has 160 valence electrons. The normalized spacial score (nSPS) is 39.5. The SMILES string of the molecule is CC(C)B1OC(C)(C)C(C)(C)O1.CC(C)B1O[C@@H]2C[C@@H]3C[C@@H](C3(C)C)[C@]2(C)O1. The smallest absolute Gasteiger partial charge is 0.405 e. The van der Waals surface area contributed by atoms with Crippen LogP contribution >= 0.6 is 0 Å². The fourth-order valence-electron chi connectivity index (χ4n) is 5.35. The monoisotopic (exact) mass is 392 g/mol. The van der Waals surface area contributed by atoms with E-state index in [-0.39, 0.29) is 31.0 Å². The molecule has 0 unspecified atom stereocenters. The molecule has 3 aliphatic carbocycles. The van der Waals surface area contributed by atoms with E-state index in [4.69, 9.17) is 18.6 Å². The highest BCUT2D eigenvalue weighted by Crippen LogP contribution is 2.66. The first kappa shape index (κ1) is 22.7. The van der Waals surface area contributed by atoms with Crippen LogP contribution in [0.4, 0.5) is 0 Å². The van der Waals surface area contributed by atoms with Crippen LogP contribution in [0.1, 0.15) is 89.0 Å². The average Bonchev–Trinajstić information content (AvgIpc) is 3.01. The van der Waals surface area contributed by atoms with E-state index in [0.717, 1.165) is 5.92 Å². The van der Waals surface area contributed by atoms with E-state index in [2.05, 4.69) is 76.2 Å². The van der Waals surface area contributed by atoms with Gasteiger partial charge in [-0.3, -0.25) is 0 Å². The summed E-state index contributed by atoms with van der Waals surface area (Å²) in [5.74, 6) is 2.42. The van der Waals surface area contributed by atoms with Crippen molar-refractivity contribution in [2.24, 2.45) is 17.3 Å². The van der Waals surface area contributed by atoms with Gasteiger partial charge in [-0.2, -0.15) is 0 Å². The maximum Gasteiger partial charge on any atom is 0.460 e. The largest absolute Gasteiger partial charge is 0.460 e. The molecule has 0 N–H and O–H groups in total. The summed E-state index contributed by atoms with van der Waals surface area (Å²) in [7, 11) is -0.0276. The molecule has 4 nitrogen and oxygen atoms in total. The number of hydrogen-bond acceptors (Lipinski definition) is 4. The molecule has 3 saturated carbocycles. The molecular formula is C22H42B2O4. The molecule has 2 heterocycles. The third kappa shape index (κ3) is 3.50. The minimum absolute atomic E-state index is 0.0187. The van der Waals surface area contributed by atoms with Crippen LogP contribution in [0.2, 0.25) is 11.6 Å². The van der Waals surface area contributed by atoms with Crippen molar-refractivity contribution in [3.8, 4) is 0 Å². The summed E-state index contributed by atoms with van der Waals surface area (Å²) in [6.07, 6.45) is 2.88. The first-order valence-electron chi connectivity index (χ1n) is 11.3. The zero-order valence-corrected chi connectivity index (χ0v) is 20.1. The van der Waals surface area contributed by atoms with Crippen LogP contribution in [0, 0.1) is 17.3 Å². The van der Waals surface area contributed by atoms with Crippen LogP contribution in [0.5, 0.6) is 0 Å². The van der Waals surface area contributed by atoms with Crippen molar-refractivity contribution in [2.45, 2.75) is 124 Å². The molecule has 0 spiro atoms. The molecule has 0 aromatic rings. The molecule has 0 amide bonds. The Bertz CT molecular complexity index is 573. The summed E-state index contributed by atoms with van der Waals surface area (Å²) in [4.78, 5) is 0. The Kier molecular flexibility index (Phi) is 5.66. The third-order valence-electron chi connectivity index (χ3n) is 8.33. The predicted octanol–water partition coefficient (Wildman–Crippen LogP) is 5.61. The van der Waals surface area contributed by atoms with Gasteiger partial charge < -0.3 is 18.6 Å². The zero-order chi connectivity index (χ0) is 21.3. The molecule has 0 radical (unpaired) electrons. The molecule has 2 bridgehead atoms. The molecule has 5 aliphatic rings. The predicted molar refractivity (Wildman–Crippen MR) is 116 cm³/mol. The van der Waals surface area contributed by atoms with Gasteiger partial charge >= 0.3 is 14.2 Å². The highest BCUT2D eigenvalue weighted by molar-refractivity contribution is 6.47. The van der Waals surface area contributed by atoms with Crippen molar-refractivity contribution in [3.63, 3.8) is 0 Å². The number of rotatable bonds is 2. The quantitative estimate of drug-likeness (QED) is 0.573. The van der Waals surface area contributed by atoms with E-state index < -0.39 is 0 Å². The van der Waals surface area contributed by atoms with Gasteiger partial charge in [-0.15, -0.1) is 0 Å².